The number of carboxylic acid groups (broad SMARTS) is 2. The minimum Gasteiger partial charge on any atom is -0.479 e. The molecular formula is C30H51N3O52S9. The monoisotopic (exact) mass is 1570 g/mol. The Hall–Kier alpha value is -2.83. The Kier molecular flexibility index (Phi) is 26.6. The highest BCUT2D eigenvalue weighted by atomic mass is 32.3. The quantitative estimate of drug-likeness (QED) is 0.0287. The summed E-state index contributed by atoms with van der Waals surface area (Å²) >= 11 is 0. The predicted octanol–water partition coefficient (Wildman–Crippen LogP) is -14.6. The maximum atomic E-state index is 13.0. The number of aliphatic carboxylic acids is 2. The van der Waals surface area contributed by atoms with Crippen molar-refractivity contribution in [3.8, 4) is 0 Å². The standard InChI is InChI=1S/C30H51N3O52S9/c34-10-4(1-71-89(53,54)55)75-27(7(11(10)35)31-86(44,45)46)79-19-12(36)13(37)29(81-22(19)24(39)40)77-16-6(3-73-91(59,60)61)76-28(9(33-88(50,51)52)18(16)84-93(65,66)67)80-20-14(38)21(85-94(68,69)70)30(82-23(20)25(41)42)78-15-5(2-72-90(56,57)58)74-26(43)8(32-87(47,48)49)17(15)83-92(62,63)64/h4-23,26-38,43H,1-3H2,(H,39,40)(H,41,42)(H,44,45,46)(H,47,48,49)(H,50,51,52)(H,53,54,55)(H,56,57,58)(H,59,60,61)(H,62,63,64)(H,65,66,67)(H,68,69,70)/t4-,5-,6-,7-,8-,9-,10-,11-,12-,13-,14+,15-,16-,17-,18-,19+,20+,21-,22+,23-,26+,27-,28-,29-,30-/m1/s1. The van der Waals surface area contributed by atoms with Crippen LogP contribution in [-0.2, 0) is 171 Å². The fraction of sp³-hybridized carbons (Fsp3) is 0.933. The molecule has 0 unspecified atom stereocenters. The van der Waals surface area contributed by atoms with Gasteiger partial charge in [0, 0.05) is 0 Å². The van der Waals surface area contributed by atoms with Gasteiger partial charge < -0.3 is 83.5 Å². The minimum atomic E-state index is -6.42. The Morgan fingerprint density at radius 1 is 0.319 bits per heavy atom. The molecule has 0 aromatic carbocycles. The third-order valence-electron chi connectivity index (χ3n) is 12.4. The summed E-state index contributed by atoms with van der Waals surface area (Å²) in [4.78, 5) is 25.8. The summed E-state index contributed by atoms with van der Waals surface area (Å²) in [5, 5.41) is 87.1. The maximum Gasteiger partial charge on any atom is 0.397 e. The van der Waals surface area contributed by atoms with Gasteiger partial charge in [0.25, 0.3) is 0 Å². The SMILES string of the molecule is O=C(O)[C@H]1O[C@@H](O[C@H]2[C@H](OS(=O)(=O)O)[C@@H](NS(=O)(=O)O)[C@@H](O[C@H]3[C@H](O)[C@@H](OS(=O)(=O)O)[C@H](O[C@H]4[C@H](OS(=O)(=O)O)[C@@H](NS(=O)(=O)O)[C@@H](O)O[C@@H]4COS(=O)(=O)O)O[C@H]3C(=O)O)O[C@@H]2COS(=O)(=O)O)[C@H](O)[C@@H](O)[C@@H]1O[C@H]1O[C@H](COS(=O)(=O)O)[C@@H](O)[C@H](O)[C@H]1NS(=O)(=O)O. The van der Waals surface area contributed by atoms with Crippen LogP contribution in [0, 0.1) is 0 Å². The number of aliphatic hydroxyl groups is 6. The van der Waals surface area contributed by atoms with Gasteiger partial charge >= 0.3 is 105 Å². The number of rotatable bonds is 31. The second-order valence-electron chi connectivity index (χ2n) is 19.0. The van der Waals surface area contributed by atoms with E-state index in [0.29, 0.717) is 0 Å². The molecule has 5 aliphatic rings. The summed E-state index contributed by atoms with van der Waals surface area (Å²) < 4.78 is 379. The summed E-state index contributed by atoms with van der Waals surface area (Å²) in [6, 6.07) is -8.85. The first-order chi connectivity index (χ1) is 42.3. The van der Waals surface area contributed by atoms with Crippen LogP contribution in [0.3, 0.4) is 0 Å². The second kappa shape index (κ2) is 30.6. The summed E-state index contributed by atoms with van der Waals surface area (Å²) in [6.45, 7) is -5.43. The van der Waals surface area contributed by atoms with Gasteiger partial charge in [-0.25, -0.2) is 34.7 Å². The van der Waals surface area contributed by atoms with E-state index in [-0.39, 0.29) is 0 Å². The van der Waals surface area contributed by atoms with Crippen molar-refractivity contribution < 1.29 is 235 Å². The van der Waals surface area contributed by atoms with E-state index in [9.17, 15) is 163 Å². The van der Waals surface area contributed by atoms with Crippen LogP contribution in [0.4, 0.5) is 0 Å². The van der Waals surface area contributed by atoms with Crippen molar-refractivity contribution in [1.29, 1.82) is 0 Å². The van der Waals surface area contributed by atoms with Crippen LogP contribution < -0.4 is 14.2 Å². The van der Waals surface area contributed by atoms with Crippen LogP contribution in [-0.4, -0.2) is 343 Å². The minimum absolute atomic E-state index is 1.05. The average Bonchev–Trinajstić information content (AvgIpc) is 0.764. The number of hydrogen-bond acceptors (Lipinski definition) is 41. The summed E-state index contributed by atoms with van der Waals surface area (Å²) in [6.07, 6.45) is -67.2. The molecule has 5 aliphatic heterocycles. The predicted molar refractivity (Wildman–Crippen MR) is 268 cm³/mol. The van der Waals surface area contributed by atoms with Gasteiger partial charge in [0.2, 0.25) is 0 Å². The van der Waals surface area contributed by atoms with E-state index in [1.165, 1.54) is 4.72 Å². The van der Waals surface area contributed by atoms with E-state index < -0.39 is 278 Å². The lowest BCUT2D eigenvalue weighted by atomic mass is 9.94. The van der Waals surface area contributed by atoms with Crippen molar-refractivity contribution in [2.24, 2.45) is 0 Å². The molecule has 55 nitrogen and oxygen atoms in total. The van der Waals surface area contributed by atoms with Crippen molar-refractivity contribution in [1.82, 2.24) is 14.2 Å². The zero-order chi connectivity index (χ0) is 71.9. The Bertz CT molecular complexity index is 3750. The Balaban J connectivity index is 1.63. The lowest BCUT2D eigenvalue weighted by Gasteiger charge is -2.50. The Morgan fingerprint density at radius 2 is 0.649 bits per heavy atom. The molecule has 0 bridgehead atoms. The average molecular weight is 1570 g/mol. The first-order valence-corrected chi connectivity index (χ1v) is 36.3. The molecule has 94 heavy (non-hydrogen) atoms. The molecule has 0 spiro atoms. The highest BCUT2D eigenvalue weighted by Gasteiger charge is 2.62. The van der Waals surface area contributed by atoms with Gasteiger partial charge in [-0.05, 0) is 0 Å². The zero-order valence-electron chi connectivity index (χ0n) is 44.6. The lowest BCUT2D eigenvalue weighted by Crippen LogP contribution is -2.71. The van der Waals surface area contributed by atoms with E-state index in [2.05, 4.69) is 25.1 Å². The maximum absolute atomic E-state index is 13.0. The van der Waals surface area contributed by atoms with Gasteiger partial charge in [-0.15, -0.1) is 0 Å². The third kappa shape index (κ3) is 24.2. The number of hydrogen-bond donors (Lipinski definition) is 20. The van der Waals surface area contributed by atoms with Gasteiger partial charge in [-0.2, -0.15) is 89.9 Å². The molecule has 5 rings (SSSR count). The van der Waals surface area contributed by atoms with Gasteiger partial charge in [0.05, 0.1) is 19.8 Å². The Labute approximate surface area is 525 Å². The molecule has 552 valence electrons. The Morgan fingerprint density at radius 3 is 1.06 bits per heavy atom. The van der Waals surface area contributed by atoms with Crippen LogP contribution >= 0.6 is 0 Å². The van der Waals surface area contributed by atoms with E-state index >= 15 is 0 Å². The highest BCUT2D eigenvalue weighted by Crippen LogP contribution is 2.39. The van der Waals surface area contributed by atoms with E-state index in [4.69, 9.17) is 47.2 Å². The van der Waals surface area contributed by atoms with Crippen LogP contribution in [0.2, 0.25) is 0 Å². The van der Waals surface area contributed by atoms with Gasteiger partial charge in [0.1, 0.15) is 104 Å². The van der Waals surface area contributed by atoms with Crippen molar-refractivity contribution in [3.63, 3.8) is 0 Å². The van der Waals surface area contributed by atoms with E-state index in [0.717, 1.165) is 9.44 Å². The molecule has 64 heteroatoms. The lowest BCUT2D eigenvalue weighted by molar-refractivity contribution is -0.372. The molecule has 0 amide bonds. The molecule has 0 aliphatic carbocycles. The van der Waals surface area contributed by atoms with Gasteiger partial charge in [0.15, 0.2) is 49.8 Å². The van der Waals surface area contributed by atoms with E-state index in [1.807, 2.05) is 0 Å². The first kappa shape index (κ1) is 81.8. The van der Waals surface area contributed by atoms with Crippen molar-refractivity contribution >= 4 is 105 Å². The fourth-order valence-electron chi connectivity index (χ4n) is 9.03. The molecule has 0 radical (unpaired) electrons. The smallest absolute Gasteiger partial charge is 0.397 e. The van der Waals surface area contributed by atoms with E-state index in [1.54, 1.807) is 0 Å². The number of ether oxygens (including phenoxy) is 9. The fourth-order valence-corrected chi connectivity index (χ4v) is 13.2. The molecule has 5 saturated heterocycles. The second-order valence-corrected chi connectivity index (χ2v) is 29.0. The summed E-state index contributed by atoms with van der Waals surface area (Å²) in [5.74, 6) is -5.07. The summed E-state index contributed by atoms with van der Waals surface area (Å²) in [5.41, 5.74) is 0. The molecule has 5 heterocycles. The van der Waals surface area contributed by atoms with Crippen molar-refractivity contribution in [3.05, 3.63) is 0 Å². The largest absolute Gasteiger partial charge is 0.479 e. The van der Waals surface area contributed by atoms with Crippen LogP contribution in [0.1, 0.15) is 0 Å². The van der Waals surface area contributed by atoms with Crippen molar-refractivity contribution in [2.75, 3.05) is 19.8 Å². The van der Waals surface area contributed by atoms with Gasteiger partial charge in [-0.3, -0.25) is 41.0 Å². The zero-order valence-corrected chi connectivity index (χ0v) is 52.0. The van der Waals surface area contributed by atoms with Crippen LogP contribution in [0.5, 0.6) is 0 Å². The van der Waals surface area contributed by atoms with Crippen molar-refractivity contribution in [2.45, 2.75) is 153 Å². The topological polar surface area (TPSA) is 860 Å². The first-order valence-electron chi connectivity index (χ1n) is 23.8. The molecule has 0 aromatic rings. The number of nitrogens with one attached hydrogen (secondary N) is 3. The molecule has 0 saturated carbocycles. The number of aliphatic hydroxyl groups excluding tert-OH is 6. The van der Waals surface area contributed by atoms with Gasteiger partial charge in [-0.1, -0.05) is 0 Å². The molecular weight excluding hydrogens is 1520 g/mol. The third-order valence-corrected chi connectivity index (χ3v) is 16.8. The number of carbonyl (C=O) groups is 2. The van der Waals surface area contributed by atoms with Crippen LogP contribution in [0.25, 0.3) is 0 Å². The molecule has 5 fully saturated rings. The highest BCUT2D eigenvalue weighted by molar-refractivity contribution is 7.84. The normalized spacial score (nSPS) is 38.0. The summed E-state index contributed by atoms with van der Waals surface area (Å²) in [7, 11) is -53.7. The van der Waals surface area contributed by atoms with Crippen LogP contribution in [0.15, 0.2) is 0 Å². The number of carboxylic acids is 2. The molecule has 25 atom stereocenters. The molecule has 0 aromatic heterocycles. The molecule has 20 N–H and O–H groups in total.